The van der Waals surface area contributed by atoms with Gasteiger partial charge in [0.25, 0.3) is 0 Å². The van der Waals surface area contributed by atoms with Gasteiger partial charge in [0.1, 0.15) is 6.54 Å². The van der Waals surface area contributed by atoms with E-state index in [0.717, 1.165) is 0 Å². The Hall–Kier alpha value is -0.560. The van der Waals surface area contributed by atoms with Gasteiger partial charge in [-0.3, -0.25) is 0 Å². The molecule has 170 valence electrons. The fraction of sp³-hybridized carbons (Fsp3) is 0.815. The Labute approximate surface area is 189 Å². The van der Waals surface area contributed by atoms with Gasteiger partial charge in [0.15, 0.2) is 12.4 Å². The van der Waals surface area contributed by atoms with E-state index in [1.165, 1.54) is 135 Å². The fourth-order valence-corrected chi connectivity index (χ4v) is 4.13. The van der Waals surface area contributed by atoms with Gasteiger partial charge < -0.3 is 12.4 Å². The number of halogens is 1. The van der Waals surface area contributed by atoms with Crippen LogP contribution in [0.4, 0.5) is 0 Å². The van der Waals surface area contributed by atoms with Crippen LogP contribution in [-0.2, 0) is 6.54 Å². The Morgan fingerprint density at radius 1 is 0.414 bits per heavy atom. The molecule has 0 N–H and O–H groups in total. The maximum Gasteiger partial charge on any atom is 0.168 e. The molecule has 0 amide bonds. The minimum Gasteiger partial charge on any atom is -1.00 e. The van der Waals surface area contributed by atoms with Crippen molar-refractivity contribution in [3.05, 3.63) is 30.6 Å². The molecule has 1 heterocycles. The fourth-order valence-electron chi connectivity index (χ4n) is 4.13. The van der Waals surface area contributed by atoms with Crippen LogP contribution < -0.4 is 17.0 Å². The molecule has 0 radical (unpaired) electrons. The first-order chi connectivity index (χ1) is 13.9. The average Bonchev–Trinajstić information content (AvgIpc) is 2.73. The number of nitrogens with zero attached hydrogens (tertiary/aromatic N) is 1. The monoisotopic (exact) mass is 423 g/mol. The molecule has 1 aromatic rings. The second kappa shape index (κ2) is 23.7. The second-order valence-electron chi connectivity index (χ2n) is 8.83. The number of hydrogen-bond acceptors (Lipinski definition) is 0. The molecule has 0 aliphatic rings. The first-order valence-corrected chi connectivity index (χ1v) is 12.9. The van der Waals surface area contributed by atoms with Gasteiger partial charge in [0.2, 0.25) is 0 Å². The van der Waals surface area contributed by atoms with Gasteiger partial charge in [-0.05, 0) is 6.42 Å². The van der Waals surface area contributed by atoms with Gasteiger partial charge in [-0.1, -0.05) is 129 Å². The molecule has 0 saturated heterocycles. The first kappa shape index (κ1) is 28.4. The summed E-state index contributed by atoms with van der Waals surface area (Å²) in [6, 6.07) is 6.33. The molecule has 0 saturated carbocycles. The summed E-state index contributed by atoms with van der Waals surface area (Å²) in [6.07, 6.45) is 33.4. The van der Waals surface area contributed by atoms with E-state index in [9.17, 15) is 0 Å². The molecular weight excluding hydrogens is 374 g/mol. The molecular formula is C27H50ClN. The van der Waals surface area contributed by atoms with E-state index in [0.29, 0.717) is 0 Å². The number of aryl methyl sites for hydroxylation is 1. The minimum atomic E-state index is 0. The summed E-state index contributed by atoms with van der Waals surface area (Å²) in [6.45, 7) is 3.48. The third-order valence-corrected chi connectivity index (χ3v) is 6.05. The largest absolute Gasteiger partial charge is 1.00 e. The lowest BCUT2D eigenvalue weighted by Gasteiger charge is -2.04. The third-order valence-electron chi connectivity index (χ3n) is 6.05. The zero-order valence-corrected chi connectivity index (χ0v) is 20.3. The summed E-state index contributed by atoms with van der Waals surface area (Å²) in [5, 5.41) is 0. The van der Waals surface area contributed by atoms with Crippen LogP contribution in [0.15, 0.2) is 30.6 Å². The molecule has 1 nitrogen and oxygen atoms in total. The van der Waals surface area contributed by atoms with Crippen molar-refractivity contribution < 1.29 is 17.0 Å². The lowest BCUT2D eigenvalue weighted by molar-refractivity contribution is -0.697. The van der Waals surface area contributed by atoms with Crippen molar-refractivity contribution in [1.29, 1.82) is 0 Å². The number of hydrogen-bond donors (Lipinski definition) is 0. The van der Waals surface area contributed by atoms with Crippen molar-refractivity contribution in [1.82, 2.24) is 0 Å². The van der Waals surface area contributed by atoms with Crippen molar-refractivity contribution >= 4 is 0 Å². The molecule has 1 rings (SSSR count). The number of unbranched alkanes of at least 4 members (excludes halogenated alkanes) is 19. The van der Waals surface area contributed by atoms with E-state index >= 15 is 0 Å². The SMILES string of the molecule is CCCCCCCCCCCCCCCCCCCCCC[n+]1ccccc1.[Cl-]. The maximum atomic E-state index is 2.30. The zero-order valence-electron chi connectivity index (χ0n) is 19.6. The summed E-state index contributed by atoms with van der Waals surface area (Å²) in [7, 11) is 0. The third kappa shape index (κ3) is 20.5. The second-order valence-corrected chi connectivity index (χ2v) is 8.83. The first-order valence-electron chi connectivity index (χ1n) is 12.9. The molecule has 0 bridgehead atoms. The predicted octanol–water partition coefficient (Wildman–Crippen LogP) is 5.80. The lowest BCUT2D eigenvalue weighted by Crippen LogP contribution is -3.00. The molecule has 2 heteroatoms. The van der Waals surface area contributed by atoms with Crippen LogP contribution in [-0.4, -0.2) is 0 Å². The highest BCUT2D eigenvalue weighted by Gasteiger charge is 1.98. The Morgan fingerprint density at radius 2 is 0.724 bits per heavy atom. The van der Waals surface area contributed by atoms with E-state index in [1.54, 1.807) is 0 Å². The summed E-state index contributed by atoms with van der Waals surface area (Å²) in [5.74, 6) is 0. The van der Waals surface area contributed by atoms with E-state index in [1.807, 2.05) is 0 Å². The Bertz CT molecular complexity index is 406. The van der Waals surface area contributed by atoms with E-state index in [4.69, 9.17) is 0 Å². The quantitative estimate of drug-likeness (QED) is 0.174. The Balaban J connectivity index is 0.00000784. The summed E-state index contributed by atoms with van der Waals surface area (Å²) in [5.41, 5.74) is 0. The standard InChI is InChI=1S/C27H50N.ClH/c1-2-3-4-5-6-7-8-9-10-11-12-13-14-15-16-17-18-19-20-22-25-28-26-23-21-24-27-28;/h21,23-24,26-27H,2-20,22,25H2,1H3;1H/q+1;/p-1. The van der Waals surface area contributed by atoms with E-state index < -0.39 is 0 Å². The van der Waals surface area contributed by atoms with Gasteiger partial charge in [0.05, 0.1) is 0 Å². The summed E-state index contributed by atoms with van der Waals surface area (Å²) in [4.78, 5) is 0. The van der Waals surface area contributed by atoms with Crippen LogP contribution in [0.25, 0.3) is 0 Å². The Morgan fingerprint density at radius 3 is 1.07 bits per heavy atom. The van der Waals surface area contributed by atoms with Crippen molar-refractivity contribution in [2.24, 2.45) is 0 Å². The molecule has 0 unspecified atom stereocenters. The van der Waals surface area contributed by atoms with Crippen LogP contribution in [0.2, 0.25) is 0 Å². The van der Waals surface area contributed by atoms with E-state index in [2.05, 4.69) is 42.1 Å². The van der Waals surface area contributed by atoms with Crippen molar-refractivity contribution in [3.8, 4) is 0 Å². The van der Waals surface area contributed by atoms with E-state index in [-0.39, 0.29) is 12.4 Å². The molecule has 1 aromatic heterocycles. The van der Waals surface area contributed by atoms with Crippen LogP contribution in [0, 0.1) is 0 Å². The van der Waals surface area contributed by atoms with Crippen LogP contribution in [0.1, 0.15) is 135 Å². The van der Waals surface area contributed by atoms with Crippen molar-refractivity contribution in [3.63, 3.8) is 0 Å². The van der Waals surface area contributed by atoms with Gasteiger partial charge in [-0.15, -0.1) is 0 Å². The number of pyridine rings is 1. The normalized spacial score (nSPS) is 10.8. The molecule has 29 heavy (non-hydrogen) atoms. The lowest BCUT2D eigenvalue weighted by atomic mass is 10.0. The molecule has 0 aliphatic carbocycles. The highest BCUT2D eigenvalue weighted by molar-refractivity contribution is 4.83. The van der Waals surface area contributed by atoms with Gasteiger partial charge in [0, 0.05) is 18.6 Å². The topological polar surface area (TPSA) is 3.88 Å². The van der Waals surface area contributed by atoms with Crippen LogP contribution in [0.3, 0.4) is 0 Å². The maximum absolute atomic E-state index is 2.30. The molecule has 0 fully saturated rings. The molecule has 0 atom stereocenters. The summed E-state index contributed by atoms with van der Waals surface area (Å²) >= 11 is 0. The minimum absolute atomic E-state index is 0. The highest BCUT2D eigenvalue weighted by Crippen LogP contribution is 2.14. The number of rotatable bonds is 21. The van der Waals surface area contributed by atoms with Crippen molar-refractivity contribution in [2.75, 3.05) is 0 Å². The smallest absolute Gasteiger partial charge is 0.168 e. The van der Waals surface area contributed by atoms with Gasteiger partial charge in [-0.25, -0.2) is 4.57 Å². The molecule has 0 aromatic carbocycles. The molecule has 0 aliphatic heterocycles. The Kier molecular flexibility index (Phi) is 23.3. The van der Waals surface area contributed by atoms with Gasteiger partial charge >= 0.3 is 0 Å². The molecule has 0 spiro atoms. The highest BCUT2D eigenvalue weighted by atomic mass is 35.5. The van der Waals surface area contributed by atoms with Gasteiger partial charge in [-0.2, -0.15) is 0 Å². The zero-order chi connectivity index (χ0) is 20.0. The van der Waals surface area contributed by atoms with Crippen molar-refractivity contribution in [2.45, 2.75) is 142 Å². The van der Waals surface area contributed by atoms with Crippen LogP contribution >= 0.6 is 0 Å². The average molecular weight is 424 g/mol. The predicted molar refractivity (Wildman–Crippen MR) is 125 cm³/mol. The number of aromatic nitrogens is 1. The summed E-state index contributed by atoms with van der Waals surface area (Å²) < 4.78 is 2.30. The van der Waals surface area contributed by atoms with Crippen LogP contribution in [0.5, 0.6) is 0 Å².